The smallest absolute Gasteiger partial charge is 0.231 e. The van der Waals surface area contributed by atoms with Crippen molar-refractivity contribution in [2.45, 2.75) is 26.3 Å². The molecule has 0 N–H and O–H groups in total. The van der Waals surface area contributed by atoms with Gasteiger partial charge in [0.1, 0.15) is 5.52 Å². The largest absolute Gasteiger partial charge is 0.454 e. The Hall–Kier alpha value is -1.78. The molecule has 5 heteroatoms. The Balaban J connectivity index is 2.27. The first kappa shape index (κ1) is 9.45. The highest BCUT2D eigenvalue weighted by molar-refractivity contribution is 5.79. The highest BCUT2D eigenvalue weighted by Crippen LogP contribution is 2.36. The topological polar surface area (TPSA) is 49.2 Å². The van der Waals surface area contributed by atoms with Crippen LogP contribution in [0, 0.1) is 0 Å². The third kappa shape index (κ3) is 1.24. The predicted octanol–water partition coefficient (Wildman–Crippen LogP) is 1.91. The third-order valence-corrected chi connectivity index (χ3v) is 2.58. The Bertz CT molecular complexity index is 554. The molecule has 0 atom stereocenters. The molecule has 3 rings (SSSR count). The first-order valence-electron chi connectivity index (χ1n) is 5.21. The number of rotatable bonds is 0. The van der Waals surface area contributed by atoms with E-state index in [9.17, 15) is 0 Å². The molecule has 0 saturated heterocycles. The van der Waals surface area contributed by atoms with Crippen molar-refractivity contribution in [1.29, 1.82) is 0 Å². The van der Waals surface area contributed by atoms with Crippen molar-refractivity contribution in [1.82, 2.24) is 15.0 Å². The summed E-state index contributed by atoms with van der Waals surface area (Å²) in [5.41, 5.74) is 1.71. The van der Waals surface area contributed by atoms with Crippen molar-refractivity contribution in [2.75, 3.05) is 6.79 Å². The van der Waals surface area contributed by atoms with E-state index in [1.54, 1.807) is 0 Å². The van der Waals surface area contributed by atoms with Crippen molar-refractivity contribution in [3.63, 3.8) is 0 Å². The van der Waals surface area contributed by atoms with Crippen molar-refractivity contribution in [3.8, 4) is 11.5 Å². The summed E-state index contributed by atoms with van der Waals surface area (Å²) in [5, 5.41) is 8.30. The van der Waals surface area contributed by atoms with Crippen LogP contribution in [-0.4, -0.2) is 21.8 Å². The second-order valence-electron chi connectivity index (χ2n) is 4.87. The molecule has 1 aromatic carbocycles. The number of hydrogen-bond donors (Lipinski definition) is 0. The van der Waals surface area contributed by atoms with Crippen LogP contribution in [0.2, 0.25) is 0 Å². The maximum Gasteiger partial charge on any atom is 0.231 e. The zero-order valence-electron chi connectivity index (χ0n) is 9.52. The average molecular weight is 219 g/mol. The van der Waals surface area contributed by atoms with E-state index >= 15 is 0 Å². The Morgan fingerprint density at radius 3 is 2.56 bits per heavy atom. The number of hydrogen-bond acceptors (Lipinski definition) is 4. The number of fused-ring (bicyclic) bond motifs is 2. The van der Waals surface area contributed by atoms with Crippen molar-refractivity contribution in [2.24, 2.45) is 0 Å². The van der Waals surface area contributed by atoms with E-state index in [1.807, 2.05) is 16.8 Å². The van der Waals surface area contributed by atoms with Gasteiger partial charge in [-0.2, -0.15) is 0 Å². The average Bonchev–Trinajstić information content (AvgIpc) is 2.76. The SMILES string of the molecule is CC(C)(C)n1nnc2cc3c(cc21)OCO3. The molecule has 0 aliphatic carbocycles. The van der Waals surface area contributed by atoms with Crippen LogP contribution in [0.15, 0.2) is 12.1 Å². The van der Waals surface area contributed by atoms with Gasteiger partial charge in [0.05, 0.1) is 11.1 Å². The normalized spacial score (nSPS) is 14.7. The molecular formula is C11H13N3O2. The molecule has 0 spiro atoms. The van der Waals surface area contributed by atoms with Gasteiger partial charge in [-0.3, -0.25) is 0 Å². The van der Waals surface area contributed by atoms with Gasteiger partial charge in [0.15, 0.2) is 11.5 Å². The minimum Gasteiger partial charge on any atom is -0.454 e. The minimum absolute atomic E-state index is 0.0948. The van der Waals surface area contributed by atoms with Gasteiger partial charge in [-0.15, -0.1) is 5.10 Å². The van der Waals surface area contributed by atoms with E-state index in [0.29, 0.717) is 0 Å². The van der Waals surface area contributed by atoms with Crippen LogP contribution in [0.5, 0.6) is 11.5 Å². The van der Waals surface area contributed by atoms with E-state index in [4.69, 9.17) is 9.47 Å². The van der Waals surface area contributed by atoms with Crippen LogP contribution < -0.4 is 9.47 Å². The maximum atomic E-state index is 5.35. The van der Waals surface area contributed by atoms with Crippen LogP contribution in [0.4, 0.5) is 0 Å². The van der Waals surface area contributed by atoms with Gasteiger partial charge in [0.25, 0.3) is 0 Å². The summed E-state index contributed by atoms with van der Waals surface area (Å²) in [5.74, 6) is 1.51. The molecule has 0 radical (unpaired) electrons. The van der Waals surface area contributed by atoms with E-state index in [0.717, 1.165) is 22.5 Å². The summed E-state index contributed by atoms with van der Waals surface area (Å²) < 4.78 is 12.5. The molecule has 2 heterocycles. The molecule has 5 nitrogen and oxygen atoms in total. The molecular weight excluding hydrogens is 206 g/mol. The second kappa shape index (κ2) is 2.87. The fourth-order valence-corrected chi connectivity index (χ4v) is 1.81. The van der Waals surface area contributed by atoms with Gasteiger partial charge >= 0.3 is 0 Å². The Kier molecular flexibility index (Phi) is 1.70. The van der Waals surface area contributed by atoms with Gasteiger partial charge in [0.2, 0.25) is 6.79 Å². The Labute approximate surface area is 93.0 Å². The third-order valence-electron chi connectivity index (χ3n) is 2.58. The molecule has 1 aliphatic heterocycles. The van der Waals surface area contributed by atoms with E-state index in [1.165, 1.54) is 0 Å². The molecule has 0 unspecified atom stereocenters. The minimum atomic E-state index is -0.0948. The van der Waals surface area contributed by atoms with Crippen LogP contribution in [0.25, 0.3) is 11.0 Å². The first-order chi connectivity index (χ1) is 7.55. The van der Waals surface area contributed by atoms with Crippen LogP contribution >= 0.6 is 0 Å². The molecule has 16 heavy (non-hydrogen) atoms. The van der Waals surface area contributed by atoms with E-state index < -0.39 is 0 Å². The lowest BCUT2D eigenvalue weighted by atomic mass is 10.1. The van der Waals surface area contributed by atoms with Crippen molar-refractivity contribution < 1.29 is 9.47 Å². The lowest BCUT2D eigenvalue weighted by Gasteiger charge is -2.19. The predicted molar refractivity (Wildman–Crippen MR) is 58.6 cm³/mol. The summed E-state index contributed by atoms with van der Waals surface area (Å²) in [4.78, 5) is 0. The zero-order valence-corrected chi connectivity index (χ0v) is 9.52. The van der Waals surface area contributed by atoms with Crippen molar-refractivity contribution in [3.05, 3.63) is 12.1 Å². The number of benzene rings is 1. The standard InChI is InChI=1S/C11H13N3O2/c1-11(2,3)14-8-5-10-9(15-6-16-10)4-7(8)12-13-14/h4-5H,6H2,1-3H3. The molecule has 0 bridgehead atoms. The molecule has 1 aromatic heterocycles. The number of nitrogens with zero attached hydrogens (tertiary/aromatic N) is 3. The lowest BCUT2D eigenvalue weighted by Crippen LogP contribution is -2.22. The van der Waals surface area contributed by atoms with Crippen LogP contribution in [0.1, 0.15) is 20.8 Å². The molecule has 0 fully saturated rings. The van der Waals surface area contributed by atoms with Crippen LogP contribution in [0.3, 0.4) is 0 Å². The summed E-state index contributed by atoms with van der Waals surface area (Å²) in [6.45, 7) is 6.55. The first-order valence-corrected chi connectivity index (χ1v) is 5.21. The zero-order chi connectivity index (χ0) is 11.3. The summed E-state index contributed by atoms with van der Waals surface area (Å²) in [6.07, 6.45) is 0. The molecule has 0 saturated carbocycles. The molecule has 2 aromatic rings. The van der Waals surface area contributed by atoms with Gasteiger partial charge in [-0.05, 0) is 20.8 Å². The number of ether oxygens (including phenoxy) is 2. The quantitative estimate of drug-likeness (QED) is 0.679. The lowest BCUT2D eigenvalue weighted by molar-refractivity contribution is 0.174. The van der Waals surface area contributed by atoms with Gasteiger partial charge in [-0.1, -0.05) is 5.21 Å². The fraction of sp³-hybridized carbons (Fsp3) is 0.455. The second-order valence-corrected chi connectivity index (χ2v) is 4.87. The number of aromatic nitrogens is 3. The summed E-state index contributed by atoms with van der Waals surface area (Å²) in [6, 6.07) is 3.80. The molecule has 84 valence electrons. The fourth-order valence-electron chi connectivity index (χ4n) is 1.81. The van der Waals surface area contributed by atoms with Gasteiger partial charge in [0, 0.05) is 12.1 Å². The monoisotopic (exact) mass is 219 g/mol. The van der Waals surface area contributed by atoms with Gasteiger partial charge < -0.3 is 9.47 Å². The van der Waals surface area contributed by atoms with E-state index in [2.05, 4.69) is 31.1 Å². The van der Waals surface area contributed by atoms with Crippen LogP contribution in [-0.2, 0) is 5.54 Å². The van der Waals surface area contributed by atoms with Crippen molar-refractivity contribution >= 4 is 11.0 Å². The Morgan fingerprint density at radius 1 is 1.19 bits per heavy atom. The van der Waals surface area contributed by atoms with E-state index in [-0.39, 0.29) is 12.3 Å². The maximum absolute atomic E-state index is 5.35. The highest BCUT2D eigenvalue weighted by Gasteiger charge is 2.22. The molecule has 1 aliphatic rings. The molecule has 0 amide bonds. The highest BCUT2D eigenvalue weighted by atomic mass is 16.7. The Morgan fingerprint density at radius 2 is 1.88 bits per heavy atom. The summed E-state index contributed by atoms with van der Waals surface area (Å²) >= 11 is 0. The van der Waals surface area contributed by atoms with Gasteiger partial charge in [-0.25, -0.2) is 4.68 Å². The summed E-state index contributed by atoms with van der Waals surface area (Å²) in [7, 11) is 0.